The maximum atomic E-state index is 13.1. The lowest BCUT2D eigenvalue weighted by Crippen LogP contribution is -2.33. The van der Waals surface area contributed by atoms with Crippen molar-refractivity contribution in [2.75, 3.05) is 0 Å². The molecule has 1 aromatic carbocycles. The van der Waals surface area contributed by atoms with Crippen LogP contribution in [0, 0.1) is 5.82 Å². The molecule has 1 aromatic heterocycles. The van der Waals surface area contributed by atoms with Crippen molar-refractivity contribution in [1.29, 1.82) is 0 Å². The molecule has 1 heterocycles. The Hall–Kier alpha value is -1.84. The largest absolute Gasteiger partial charge is 0.361 e. The Bertz CT molecular complexity index is 599. The summed E-state index contributed by atoms with van der Waals surface area (Å²) in [6.45, 7) is 0. The molecule has 2 aromatic rings. The topological polar surface area (TPSA) is 44.9 Å². The van der Waals surface area contributed by atoms with E-state index in [1.807, 2.05) is 0 Å². The van der Waals surface area contributed by atoms with Gasteiger partial charge < -0.3 is 10.3 Å². The van der Waals surface area contributed by atoms with Crippen LogP contribution in [-0.4, -0.2) is 16.9 Å². The first kappa shape index (κ1) is 12.2. The van der Waals surface area contributed by atoms with Gasteiger partial charge >= 0.3 is 0 Å². The van der Waals surface area contributed by atoms with E-state index in [0.717, 1.165) is 29.3 Å². The molecular formula is C15H17FN2O. The first-order valence-corrected chi connectivity index (χ1v) is 6.77. The molecule has 1 saturated carbocycles. The van der Waals surface area contributed by atoms with Crippen LogP contribution in [0.3, 0.4) is 0 Å². The van der Waals surface area contributed by atoms with Crippen molar-refractivity contribution < 1.29 is 9.18 Å². The summed E-state index contributed by atoms with van der Waals surface area (Å²) in [6.07, 6.45) is 6.73. The van der Waals surface area contributed by atoms with E-state index in [2.05, 4.69) is 10.3 Å². The van der Waals surface area contributed by atoms with Crippen LogP contribution in [0.1, 0.15) is 31.2 Å². The molecule has 0 radical (unpaired) electrons. The maximum absolute atomic E-state index is 13.1. The number of halogens is 1. The van der Waals surface area contributed by atoms with Gasteiger partial charge in [0.1, 0.15) is 5.82 Å². The van der Waals surface area contributed by atoms with Gasteiger partial charge in [-0.15, -0.1) is 0 Å². The molecule has 2 N–H and O–H groups in total. The van der Waals surface area contributed by atoms with E-state index in [1.54, 1.807) is 12.3 Å². The van der Waals surface area contributed by atoms with Crippen LogP contribution in [0.2, 0.25) is 0 Å². The molecule has 19 heavy (non-hydrogen) atoms. The quantitative estimate of drug-likeness (QED) is 0.875. The lowest BCUT2D eigenvalue weighted by Gasteiger charge is -2.11. The molecule has 0 aliphatic heterocycles. The van der Waals surface area contributed by atoms with Gasteiger partial charge in [-0.25, -0.2) is 4.39 Å². The third-order valence-electron chi connectivity index (χ3n) is 3.80. The summed E-state index contributed by atoms with van der Waals surface area (Å²) in [5.41, 5.74) is 1.66. The fraction of sp³-hybridized carbons (Fsp3) is 0.400. The number of carbonyl (C=O) groups excluding carboxylic acids is 1. The summed E-state index contributed by atoms with van der Waals surface area (Å²) >= 11 is 0. The monoisotopic (exact) mass is 260 g/mol. The molecule has 0 spiro atoms. The number of amides is 1. The lowest BCUT2D eigenvalue weighted by atomic mass is 10.1. The first-order chi connectivity index (χ1) is 9.22. The van der Waals surface area contributed by atoms with Gasteiger partial charge in [0.05, 0.1) is 6.42 Å². The van der Waals surface area contributed by atoms with E-state index in [0.29, 0.717) is 12.5 Å². The summed E-state index contributed by atoms with van der Waals surface area (Å²) in [5, 5.41) is 3.99. The molecule has 1 aliphatic carbocycles. The van der Waals surface area contributed by atoms with Crippen molar-refractivity contribution >= 4 is 16.8 Å². The molecule has 0 saturated heterocycles. The van der Waals surface area contributed by atoms with Crippen molar-refractivity contribution in [3.05, 3.63) is 35.8 Å². The van der Waals surface area contributed by atoms with Crippen LogP contribution in [-0.2, 0) is 11.2 Å². The number of carbonyl (C=O) groups is 1. The Morgan fingerprint density at radius 3 is 2.95 bits per heavy atom. The highest BCUT2D eigenvalue weighted by Gasteiger charge is 2.17. The predicted octanol–water partition coefficient (Wildman–Crippen LogP) is 2.91. The Morgan fingerprint density at radius 1 is 1.37 bits per heavy atom. The predicted molar refractivity (Wildman–Crippen MR) is 72.4 cm³/mol. The molecule has 1 amide bonds. The van der Waals surface area contributed by atoms with Crippen LogP contribution in [0.25, 0.3) is 10.9 Å². The van der Waals surface area contributed by atoms with Gasteiger partial charge in [0, 0.05) is 23.1 Å². The van der Waals surface area contributed by atoms with Gasteiger partial charge in [0.15, 0.2) is 0 Å². The van der Waals surface area contributed by atoms with Crippen LogP contribution in [0.15, 0.2) is 24.4 Å². The zero-order chi connectivity index (χ0) is 13.2. The van der Waals surface area contributed by atoms with Crippen molar-refractivity contribution in [2.45, 2.75) is 38.1 Å². The van der Waals surface area contributed by atoms with Crippen LogP contribution in [0.4, 0.5) is 4.39 Å². The molecule has 0 atom stereocenters. The standard InChI is InChI=1S/C15H17FN2O/c16-11-5-6-13-10(9-17-14(13)8-11)7-15(19)18-12-3-1-2-4-12/h5-6,8-9,12,17H,1-4,7H2,(H,18,19). The van der Waals surface area contributed by atoms with E-state index in [-0.39, 0.29) is 11.7 Å². The third-order valence-corrected chi connectivity index (χ3v) is 3.80. The highest BCUT2D eigenvalue weighted by molar-refractivity contribution is 5.89. The average Bonchev–Trinajstić information content (AvgIpc) is 2.99. The molecule has 1 aliphatic rings. The van der Waals surface area contributed by atoms with E-state index in [4.69, 9.17) is 0 Å². The van der Waals surface area contributed by atoms with E-state index in [9.17, 15) is 9.18 Å². The van der Waals surface area contributed by atoms with Gasteiger partial charge in [-0.05, 0) is 36.6 Å². The van der Waals surface area contributed by atoms with Crippen LogP contribution in [0.5, 0.6) is 0 Å². The van der Waals surface area contributed by atoms with E-state index in [1.165, 1.54) is 25.0 Å². The molecule has 1 fully saturated rings. The Kier molecular flexibility index (Phi) is 3.23. The summed E-state index contributed by atoms with van der Waals surface area (Å²) in [5.74, 6) is -0.214. The number of aromatic amines is 1. The first-order valence-electron chi connectivity index (χ1n) is 6.77. The van der Waals surface area contributed by atoms with Crippen molar-refractivity contribution in [2.24, 2.45) is 0 Å². The summed E-state index contributed by atoms with van der Waals surface area (Å²) in [4.78, 5) is 15.0. The summed E-state index contributed by atoms with van der Waals surface area (Å²) in [7, 11) is 0. The fourth-order valence-electron chi connectivity index (χ4n) is 2.83. The second-order valence-corrected chi connectivity index (χ2v) is 5.23. The van der Waals surface area contributed by atoms with Crippen molar-refractivity contribution in [3.8, 4) is 0 Å². The van der Waals surface area contributed by atoms with Gasteiger partial charge in [-0.3, -0.25) is 4.79 Å². The zero-order valence-corrected chi connectivity index (χ0v) is 10.7. The normalized spacial score (nSPS) is 16.1. The highest BCUT2D eigenvalue weighted by atomic mass is 19.1. The van der Waals surface area contributed by atoms with E-state index >= 15 is 0 Å². The minimum Gasteiger partial charge on any atom is -0.361 e. The van der Waals surface area contributed by atoms with Crippen LogP contribution < -0.4 is 5.32 Å². The number of hydrogen-bond acceptors (Lipinski definition) is 1. The molecule has 100 valence electrons. The minimum atomic E-state index is -0.267. The molecule has 3 nitrogen and oxygen atoms in total. The number of fused-ring (bicyclic) bond motifs is 1. The minimum absolute atomic E-state index is 0.0529. The Morgan fingerprint density at radius 2 is 2.16 bits per heavy atom. The lowest BCUT2D eigenvalue weighted by molar-refractivity contribution is -0.121. The molecule has 4 heteroatoms. The van der Waals surface area contributed by atoms with E-state index < -0.39 is 0 Å². The highest BCUT2D eigenvalue weighted by Crippen LogP contribution is 2.21. The van der Waals surface area contributed by atoms with Crippen LogP contribution >= 0.6 is 0 Å². The number of rotatable bonds is 3. The second-order valence-electron chi connectivity index (χ2n) is 5.23. The average molecular weight is 260 g/mol. The molecule has 0 bridgehead atoms. The van der Waals surface area contributed by atoms with Gasteiger partial charge in [-0.1, -0.05) is 12.8 Å². The number of nitrogens with one attached hydrogen (secondary N) is 2. The molecule has 0 unspecified atom stereocenters. The second kappa shape index (κ2) is 5.03. The summed E-state index contributed by atoms with van der Waals surface area (Å²) < 4.78 is 13.1. The molecular weight excluding hydrogens is 243 g/mol. The van der Waals surface area contributed by atoms with Crippen molar-refractivity contribution in [1.82, 2.24) is 10.3 Å². The maximum Gasteiger partial charge on any atom is 0.224 e. The number of aromatic nitrogens is 1. The smallest absolute Gasteiger partial charge is 0.224 e. The number of hydrogen-bond donors (Lipinski definition) is 2. The third kappa shape index (κ3) is 2.62. The zero-order valence-electron chi connectivity index (χ0n) is 10.7. The fourth-order valence-corrected chi connectivity index (χ4v) is 2.83. The Labute approximate surface area is 111 Å². The summed E-state index contributed by atoms with van der Waals surface area (Å²) in [6, 6.07) is 4.94. The van der Waals surface area contributed by atoms with Gasteiger partial charge in [0.2, 0.25) is 5.91 Å². The van der Waals surface area contributed by atoms with Crippen molar-refractivity contribution in [3.63, 3.8) is 0 Å². The Balaban J connectivity index is 1.72. The van der Waals surface area contributed by atoms with Gasteiger partial charge in [-0.2, -0.15) is 0 Å². The molecule has 3 rings (SSSR count). The SMILES string of the molecule is O=C(Cc1c[nH]c2cc(F)ccc12)NC1CCCC1. The number of H-pyrrole nitrogens is 1. The van der Waals surface area contributed by atoms with Gasteiger partial charge in [0.25, 0.3) is 0 Å². The number of benzene rings is 1.